The summed E-state index contributed by atoms with van der Waals surface area (Å²) < 4.78 is 29.7. The van der Waals surface area contributed by atoms with Gasteiger partial charge in [-0.3, -0.25) is 0 Å². The van der Waals surface area contributed by atoms with Gasteiger partial charge in [0, 0.05) is 36.8 Å². The molecule has 0 aliphatic carbocycles. The Balaban J connectivity index is 0.00000420. The van der Waals surface area contributed by atoms with E-state index in [2.05, 4.69) is 25.3 Å². The van der Waals surface area contributed by atoms with E-state index in [-0.39, 0.29) is 42.4 Å². The number of likely N-dealkylation sites (tertiary alicyclic amines) is 1. The summed E-state index contributed by atoms with van der Waals surface area (Å²) >= 11 is 5.97. The number of aliphatic imine (C=N–C) groups is 1. The molecule has 0 aromatic heterocycles. The molecule has 3 N–H and O–H groups in total. The van der Waals surface area contributed by atoms with Crippen molar-refractivity contribution in [2.45, 2.75) is 45.4 Å². The van der Waals surface area contributed by atoms with Crippen molar-refractivity contribution >= 4 is 41.5 Å². The molecular formula is C19H30ClF2IN4O2. The van der Waals surface area contributed by atoms with Crippen molar-refractivity contribution in [3.8, 4) is 5.75 Å². The van der Waals surface area contributed by atoms with Crippen LogP contribution in [0.15, 0.2) is 23.2 Å². The topological polar surface area (TPSA) is 69.1 Å². The van der Waals surface area contributed by atoms with Crippen LogP contribution in [0.1, 0.15) is 31.7 Å². The summed E-state index contributed by atoms with van der Waals surface area (Å²) in [4.78, 5) is 6.80. The van der Waals surface area contributed by atoms with Crippen LogP contribution in [-0.2, 0) is 6.54 Å². The van der Waals surface area contributed by atoms with Gasteiger partial charge in [-0.15, -0.1) is 24.0 Å². The van der Waals surface area contributed by atoms with Crippen molar-refractivity contribution in [3.63, 3.8) is 0 Å². The molecule has 0 radical (unpaired) electrons. The lowest BCUT2D eigenvalue weighted by Crippen LogP contribution is -2.40. The minimum absolute atomic E-state index is 0. The molecule has 0 amide bonds. The minimum atomic E-state index is -2.90. The second kappa shape index (κ2) is 14.2. The van der Waals surface area contributed by atoms with Gasteiger partial charge in [-0.25, -0.2) is 4.99 Å². The highest BCUT2D eigenvalue weighted by atomic mass is 127. The number of aliphatic hydroxyl groups excluding tert-OH is 1. The van der Waals surface area contributed by atoms with Crippen LogP contribution in [-0.4, -0.2) is 61.4 Å². The molecule has 1 heterocycles. The molecule has 0 atom stereocenters. The van der Waals surface area contributed by atoms with Gasteiger partial charge >= 0.3 is 6.61 Å². The van der Waals surface area contributed by atoms with Crippen LogP contribution in [0.2, 0.25) is 5.02 Å². The van der Waals surface area contributed by atoms with Crippen LogP contribution < -0.4 is 15.4 Å². The van der Waals surface area contributed by atoms with Gasteiger partial charge in [-0.2, -0.15) is 8.78 Å². The van der Waals surface area contributed by atoms with Crippen LogP contribution in [0.3, 0.4) is 0 Å². The number of halogens is 4. The summed E-state index contributed by atoms with van der Waals surface area (Å²) in [5, 5.41) is 16.4. The van der Waals surface area contributed by atoms with Gasteiger partial charge < -0.3 is 25.4 Å². The van der Waals surface area contributed by atoms with Crippen molar-refractivity contribution in [1.82, 2.24) is 15.5 Å². The predicted octanol–water partition coefficient (Wildman–Crippen LogP) is 3.46. The zero-order valence-corrected chi connectivity index (χ0v) is 19.6. The normalized spacial score (nSPS) is 15.9. The van der Waals surface area contributed by atoms with Crippen LogP contribution in [0, 0.1) is 0 Å². The monoisotopic (exact) mass is 546 g/mol. The van der Waals surface area contributed by atoms with E-state index in [1.165, 1.54) is 12.1 Å². The quantitative estimate of drug-likeness (QED) is 0.192. The lowest BCUT2D eigenvalue weighted by Gasteiger charge is -2.29. The van der Waals surface area contributed by atoms with E-state index in [0.29, 0.717) is 23.1 Å². The van der Waals surface area contributed by atoms with Crippen molar-refractivity contribution in [1.29, 1.82) is 0 Å². The van der Waals surface area contributed by atoms with Crippen LogP contribution in [0.25, 0.3) is 0 Å². The summed E-state index contributed by atoms with van der Waals surface area (Å²) in [6.07, 6.45) is 2.45. The van der Waals surface area contributed by atoms with Gasteiger partial charge in [0.2, 0.25) is 0 Å². The van der Waals surface area contributed by atoms with E-state index in [1.54, 1.807) is 6.07 Å². The first-order valence-corrected chi connectivity index (χ1v) is 10.0. The number of guanidine groups is 1. The van der Waals surface area contributed by atoms with Crippen LogP contribution in [0.5, 0.6) is 5.75 Å². The number of hydrogen-bond donors (Lipinski definition) is 3. The maximum absolute atomic E-state index is 12.6. The number of nitrogens with one attached hydrogen (secondary N) is 2. The molecule has 1 aromatic carbocycles. The van der Waals surface area contributed by atoms with Gasteiger partial charge in [0.25, 0.3) is 0 Å². The zero-order chi connectivity index (χ0) is 20.4. The van der Waals surface area contributed by atoms with Crippen molar-refractivity contribution in [3.05, 3.63) is 28.8 Å². The molecule has 1 aliphatic rings. The summed E-state index contributed by atoms with van der Waals surface area (Å²) in [7, 11) is 0. The third-order valence-electron chi connectivity index (χ3n) is 4.49. The Morgan fingerprint density at radius 1 is 1.34 bits per heavy atom. The average Bonchev–Trinajstić information content (AvgIpc) is 2.66. The lowest BCUT2D eigenvalue weighted by atomic mass is 10.1. The smallest absolute Gasteiger partial charge is 0.387 e. The number of piperidine rings is 1. The first kappa shape index (κ1) is 26.1. The van der Waals surface area contributed by atoms with E-state index < -0.39 is 6.61 Å². The van der Waals surface area contributed by atoms with Gasteiger partial charge in [0.15, 0.2) is 5.96 Å². The highest BCUT2D eigenvalue weighted by Crippen LogP contribution is 2.25. The van der Waals surface area contributed by atoms with Crippen molar-refractivity contribution in [2.75, 3.05) is 32.7 Å². The fraction of sp³-hybridized carbons (Fsp3) is 0.632. The first-order valence-electron chi connectivity index (χ1n) is 9.63. The van der Waals surface area contributed by atoms with E-state index >= 15 is 0 Å². The molecule has 0 spiro atoms. The number of hydrogen-bond acceptors (Lipinski definition) is 4. The lowest BCUT2D eigenvalue weighted by molar-refractivity contribution is -0.0504. The fourth-order valence-corrected chi connectivity index (χ4v) is 3.24. The third-order valence-corrected chi connectivity index (χ3v) is 4.73. The van der Waals surface area contributed by atoms with Crippen LogP contribution >= 0.6 is 35.6 Å². The second-order valence-electron chi connectivity index (χ2n) is 6.68. The van der Waals surface area contributed by atoms with Gasteiger partial charge in [0.05, 0.1) is 12.6 Å². The molecule has 0 saturated carbocycles. The molecule has 1 saturated heterocycles. The van der Waals surface area contributed by atoms with E-state index in [0.717, 1.165) is 45.4 Å². The third kappa shape index (κ3) is 10.1. The van der Waals surface area contributed by atoms with E-state index in [4.69, 9.17) is 11.6 Å². The first-order chi connectivity index (χ1) is 13.5. The predicted molar refractivity (Wildman–Crippen MR) is 123 cm³/mol. The molecule has 2 rings (SSSR count). The Labute approximate surface area is 193 Å². The summed E-state index contributed by atoms with van der Waals surface area (Å²) in [6.45, 7) is 3.47. The largest absolute Gasteiger partial charge is 0.434 e. The number of benzene rings is 1. The summed E-state index contributed by atoms with van der Waals surface area (Å²) in [5.41, 5.74) is 0.497. The molecule has 10 heteroatoms. The average molecular weight is 547 g/mol. The molecule has 1 fully saturated rings. The molecular weight excluding hydrogens is 517 g/mol. The minimum Gasteiger partial charge on any atom is -0.434 e. The standard InChI is InChI=1S/C19H29ClF2N4O2.HI/c1-2-23-19(24-8-3-9-26-10-6-16(27)7-11-26)25-13-14-12-15(20)4-5-17(14)28-18(21)22;/h4-5,12,16,18,27H,2-3,6-11,13H2,1H3,(H2,23,24,25);1H. The maximum Gasteiger partial charge on any atom is 0.387 e. The molecule has 29 heavy (non-hydrogen) atoms. The van der Waals surface area contributed by atoms with Crippen molar-refractivity contribution in [2.24, 2.45) is 4.99 Å². The maximum atomic E-state index is 12.6. The van der Waals surface area contributed by atoms with Gasteiger partial charge in [-0.1, -0.05) is 11.6 Å². The molecule has 0 bridgehead atoms. The van der Waals surface area contributed by atoms with Gasteiger partial charge in [-0.05, 0) is 50.9 Å². The Morgan fingerprint density at radius 3 is 2.72 bits per heavy atom. The highest BCUT2D eigenvalue weighted by Gasteiger charge is 2.16. The fourth-order valence-electron chi connectivity index (χ4n) is 3.04. The molecule has 0 unspecified atom stereocenters. The summed E-state index contributed by atoms with van der Waals surface area (Å²) in [5.74, 6) is 0.686. The van der Waals surface area contributed by atoms with Crippen LogP contribution in [0.4, 0.5) is 8.78 Å². The number of alkyl halides is 2. The second-order valence-corrected chi connectivity index (χ2v) is 7.12. The molecule has 166 valence electrons. The Bertz CT molecular complexity index is 632. The zero-order valence-electron chi connectivity index (χ0n) is 16.5. The molecule has 6 nitrogen and oxygen atoms in total. The number of nitrogens with zero attached hydrogens (tertiary/aromatic N) is 2. The number of ether oxygens (including phenoxy) is 1. The van der Waals surface area contributed by atoms with Gasteiger partial charge in [0.1, 0.15) is 5.75 Å². The SMILES string of the molecule is CCNC(=NCc1cc(Cl)ccc1OC(F)F)NCCCN1CCC(O)CC1.I. The Morgan fingerprint density at radius 2 is 2.07 bits per heavy atom. The Kier molecular flexibility index (Phi) is 12.8. The molecule has 1 aliphatic heterocycles. The Hall–Kier alpha value is -0.910. The van der Waals surface area contributed by atoms with E-state index in [1.807, 2.05) is 6.92 Å². The number of aliphatic hydroxyl groups is 1. The van der Waals surface area contributed by atoms with Crippen molar-refractivity contribution < 1.29 is 18.6 Å². The number of rotatable bonds is 9. The highest BCUT2D eigenvalue weighted by molar-refractivity contribution is 14.0. The molecule has 1 aromatic rings. The van der Waals surface area contributed by atoms with E-state index in [9.17, 15) is 13.9 Å². The summed E-state index contributed by atoms with van der Waals surface area (Å²) in [6, 6.07) is 4.52.